The first-order chi connectivity index (χ1) is 11.8. The fourth-order valence-electron chi connectivity index (χ4n) is 2.02. The summed E-state index contributed by atoms with van der Waals surface area (Å²) >= 11 is 0. The molecule has 25 heavy (non-hydrogen) atoms. The number of hydrogen-bond acceptors (Lipinski definition) is 5. The minimum Gasteiger partial charge on any atom is -0.462 e. The van der Waals surface area contributed by atoms with Gasteiger partial charge in [0.2, 0.25) is 5.91 Å². The van der Waals surface area contributed by atoms with Crippen molar-refractivity contribution in [3.63, 3.8) is 0 Å². The molecule has 0 aliphatic heterocycles. The van der Waals surface area contributed by atoms with E-state index in [1.165, 1.54) is 43.3 Å². The van der Waals surface area contributed by atoms with Crippen LogP contribution in [0.3, 0.4) is 0 Å². The third kappa shape index (κ3) is 5.05. The van der Waals surface area contributed by atoms with Crippen LogP contribution in [0.2, 0.25) is 0 Å². The minimum atomic E-state index is -3.79. The van der Waals surface area contributed by atoms with E-state index in [0.29, 0.717) is 11.4 Å². The first kappa shape index (κ1) is 18.5. The number of rotatable bonds is 6. The lowest BCUT2D eigenvalue weighted by Gasteiger charge is -2.10. The minimum absolute atomic E-state index is 0.0199. The molecule has 2 aromatic carbocycles. The van der Waals surface area contributed by atoms with E-state index in [1.54, 1.807) is 19.1 Å². The Kier molecular flexibility index (Phi) is 5.76. The van der Waals surface area contributed by atoms with E-state index in [-0.39, 0.29) is 23.0 Å². The van der Waals surface area contributed by atoms with Crippen molar-refractivity contribution in [1.29, 1.82) is 0 Å². The fourth-order valence-corrected chi connectivity index (χ4v) is 3.08. The van der Waals surface area contributed by atoms with Crippen LogP contribution in [0, 0.1) is 0 Å². The summed E-state index contributed by atoms with van der Waals surface area (Å²) in [6.45, 7) is 3.32. The molecule has 2 aromatic rings. The van der Waals surface area contributed by atoms with E-state index in [1.807, 2.05) is 0 Å². The Morgan fingerprint density at radius 1 is 0.960 bits per heavy atom. The summed E-state index contributed by atoms with van der Waals surface area (Å²) in [5.41, 5.74) is 1.19. The molecular weight excluding hydrogens is 344 g/mol. The molecule has 7 nitrogen and oxygen atoms in total. The molecule has 0 bridgehead atoms. The monoisotopic (exact) mass is 362 g/mol. The Hall–Kier alpha value is -2.87. The predicted molar refractivity (Wildman–Crippen MR) is 94.0 cm³/mol. The molecule has 8 heteroatoms. The van der Waals surface area contributed by atoms with Gasteiger partial charge < -0.3 is 10.1 Å². The lowest BCUT2D eigenvalue weighted by Crippen LogP contribution is -2.13. The standard InChI is InChI=1S/C17H18N2O5S/c1-3-24-17(21)13-4-10-16(11-5-13)25(22,23)19-15-8-6-14(7-9-15)18-12(2)20/h4-11,19H,3H2,1-2H3,(H,18,20). The van der Waals surface area contributed by atoms with Crippen molar-refractivity contribution in [2.45, 2.75) is 18.7 Å². The van der Waals surface area contributed by atoms with Gasteiger partial charge in [0.1, 0.15) is 0 Å². The zero-order chi connectivity index (χ0) is 18.4. The van der Waals surface area contributed by atoms with E-state index >= 15 is 0 Å². The normalized spacial score (nSPS) is 10.8. The van der Waals surface area contributed by atoms with Gasteiger partial charge in [0.05, 0.1) is 17.1 Å². The average molecular weight is 362 g/mol. The van der Waals surface area contributed by atoms with E-state index < -0.39 is 16.0 Å². The fraction of sp³-hybridized carbons (Fsp3) is 0.176. The SMILES string of the molecule is CCOC(=O)c1ccc(S(=O)(=O)Nc2ccc(NC(C)=O)cc2)cc1. The van der Waals surface area contributed by atoms with Crippen LogP contribution < -0.4 is 10.0 Å². The highest BCUT2D eigenvalue weighted by Gasteiger charge is 2.15. The van der Waals surface area contributed by atoms with Crippen molar-refractivity contribution in [2.75, 3.05) is 16.6 Å². The highest BCUT2D eigenvalue weighted by atomic mass is 32.2. The van der Waals surface area contributed by atoms with Gasteiger partial charge in [0, 0.05) is 18.3 Å². The number of hydrogen-bond donors (Lipinski definition) is 2. The molecular formula is C17H18N2O5S. The van der Waals surface area contributed by atoms with Gasteiger partial charge in [-0.05, 0) is 55.5 Å². The van der Waals surface area contributed by atoms with Crippen molar-refractivity contribution in [1.82, 2.24) is 0 Å². The van der Waals surface area contributed by atoms with Gasteiger partial charge in [0.15, 0.2) is 0 Å². The van der Waals surface area contributed by atoms with Crippen molar-refractivity contribution in [2.24, 2.45) is 0 Å². The molecule has 0 spiro atoms. The second kappa shape index (κ2) is 7.80. The number of ether oxygens (including phenoxy) is 1. The first-order valence-corrected chi connectivity index (χ1v) is 8.98. The van der Waals surface area contributed by atoms with Crippen LogP contribution in [0.15, 0.2) is 53.4 Å². The van der Waals surface area contributed by atoms with Crippen molar-refractivity contribution in [3.05, 3.63) is 54.1 Å². The molecule has 0 radical (unpaired) electrons. The maximum atomic E-state index is 12.4. The molecule has 0 saturated carbocycles. The van der Waals surface area contributed by atoms with E-state index in [2.05, 4.69) is 10.0 Å². The highest BCUT2D eigenvalue weighted by Crippen LogP contribution is 2.19. The Morgan fingerprint density at radius 3 is 2.04 bits per heavy atom. The topological polar surface area (TPSA) is 102 Å². The molecule has 0 saturated heterocycles. The average Bonchev–Trinajstić information content (AvgIpc) is 2.56. The Balaban J connectivity index is 2.13. The van der Waals surface area contributed by atoms with Gasteiger partial charge >= 0.3 is 5.97 Å². The molecule has 0 aliphatic rings. The summed E-state index contributed by atoms with van der Waals surface area (Å²) in [6.07, 6.45) is 0. The van der Waals surface area contributed by atoms with Gasteiger partial charge in [-0.2, -0.15) is 0 Å². The molecule has 0 heterocycles. The van der Waals surface area contributed by atoms with Crippen molar-refractivity contribution in [3.8, 4) is 0 Å². The summed E-state index contributed by atoms with van der Waals surface area (Å²) in [4.78, 5) is 22.6. The van der Waals surface area contributed by atoms with E-state index in [9.17, 15) is 18.0 Å². The maximum Gasteiger partial charge on any atom is 0.338 e. The Labute approximate surface area is 146 Å². The molecule has 132 valence electrons. The summed E-state index contributed by atoms with van der Waals surface area (Å²) in [5.74, 6) is -0.719. The summed E-state index contributed by atoms with van der Waals surface area (Å²) < 4.78 is 32.0. The number of esters is 1. The lowest BCUT2D eigenvalue weighted by atomic mass is 10.2. The van der Waals surface area contributed by atoms with Crippen molar-refractivity contribution < 1.29 is 22.7 Å². The number of carbonyl (C=O) groups excluding carboxylic acids is 2. The van der Waals surface area contributed by atoms with Gasteiger partial charge in [-0.25, -0.2) is 13.2 Å². The quantitative estimate of drug-likeness (QED) is 0.769. The predicted octanol–water partition coefficient (Wildman–Crippen LogP) is 2.62. The largest absolute Gasteiger partial charge is 0.462 e. The number of nitrogens with one attached hydrogen (secondary N) is 2. The van der Waals surface area contributed by atoms with Crippen LogP contribution in [-0.4, -0.2) is 26.9 Å². The lowest BCUT2D eigenvalue weighted by molar-refractivity contribution is -0.114. The number of benzene rings is 2. The number of anilines is 2. The second-order valence-corrected chi connectivity index (χ2v) is 6.79. The van der Waals surface area contributed by atoms with Crippen LogP contribution in [0.25, 0.3) is 0 Å². The number of sulfonamides is 1. The Morgan fingerprint density at radius 2 is 1.52 bits per heavy atom. The third-order valence-corrected chi connectivity index (χ3v) is 4.53. The molecule has 0 aliphatic carbocycles. The second-order valence-electron chi connectivity index (χ2n) is 5.11. The molecule has 0 unspecified atom stereocenters. The number of carbonyl (C=O) groups is 2. The Bertz CT molecular complexity index is 859. The molecule has 0 atom stereocenters. The molecule has 0 fully saturated rings. The zero-order valence-corrected chi connectivity index (χ0v) is 14.6. The zero-order valence-electron chi connectivity index (χ0n) is 13.8. The maximum absolute atomic E-state index is 12.4. The molecule has 2 rings (SSSR count). The smallest absolute Gasteiger partial charge is 0.338 e. The van der Waals surface area contributed by atoms with Crippen LogP contribution in [0.4, 0.5) is 11.4 Å². The summed E-state index contributed by atoms with van der Waals surface area (Å²) in [6, 6.07) is 11.7. The van der Waals surface area contributed by atoms with Crippen LogP contribution in [-0.2, 0) is 19.6 Å². The van der Waals surface area contributed by atoms with Crippen LogP contribution in [0.1, 0.15) is 24.2 Å². The van der Waals surface area contributed by atoms with Gasteiger partial charge in [-0.1, -0.05) is 0 Å². The van der Waals surface area contributed by atoms with Gasteiger partial charge in [-0.3, -0.25) is 9.52 Å². The molecule has 2 N–H and O–H groups in total. The highest BCUT2D eigenvalue weighted by molar-refractivity contribution is 7.92. The van der Waals surface area contributed by atoms with Crippen LogP contribution >= 0.6 is 0 Å². The number of amides is 1. The first-order valence-electron chi connectivity index (χ1n) is 7.49. The summed E-state index contributed by atoms with van der Waals surface area (Å²) in [7, 11) is -3.79. The molecule has 0 aromatic heterocycles. The van der Waals surface area contributed by atoms with Crippen LogP contribution in [0.5, 0.6) is 0 Å². The third-order valence-electron chi connectivity index (χ3n) is 3.13. The van der Waals surface area contributed by atoms with Gasteiger partial charge in [-0.15, -0.1) is 0 Å². The van der Waals surface area contributed by atoms with Gasteiger partial charge in [0.25, 0.3) is 10.0 Å². The van der Waals surface area contributed by atoms with E-state index in [4.69, 9.17) is 4.74 Å². The van der Waals surface area contributed by atoms with E-state index in [0.717, 1.165) is 0 Å². The summed E-state index contributed by atoms with van der Waals surface area (Å²) in [5, 5.41) is 2.59. The van der Waals surface area contributed by atoms with Crippen molar-refractivity contribution >= 4 is 33.3 Å². The molecule has 1 amide bonds.